The first-order valence-electron chi connectivity index (χ1n) is 8.29. The van der Waals surface area contributed by atoms with Crippen molar-refractivity contribution in [1.82, 2.24) is 19.0 Å². The smallest absolute Gasteiger partial charge is 0.318 e. The number of morpholine rings is 1. The molecule has 1 amide bonds. The van der Waals surface area contributed by atoms with Crippen LogP contribution in [0.4, 0.5) is 0 Å². The van der Waals surface area contributed by atoms with E-state index in [0.29, 0.717) is 32.5 Å². The Morgan fingerprint density at radius 2 is 2.19 bits per heavy atom. The fourth-order valence-corrected chi connectivity index (χ4v) is 3.52. The van der Waals surface area contributed by atoms with Gasteiger partial charge in [0.2, 0.25) is 15.9 Å². The third-order valence-corrected chi connectivity index (χ3v) is 5.23. The number of hydrogen-bond donors (Lipinski definition) is 1. The first-order valence-corrected chi connectivity index (χ1v) is 10.1. The second-order valence-electron chi connectivity index (χ2n) is 6.15. The van der Waals surface area contributed by atoms with E-state index in [1.807, 2.05) is 12.3 Å². The Hall–Kier alpha value is -1.98. The maximum Gasteiger partial charge on any atom is 0.318 e. The Kier molecular flexibility index (Phi) is 7.12. The van der Waals surface area contributed by atoms with Crippen molar-refractivity contribution in [3.05, 3.63) is 18.5 Å². The number of carbonyl (C=O) groups is 2. The summed E-state index contributed by atoms with van der Waals surface area (Å²) >= 11 is 0. The van der Waals surface area contributed by atoms with Gasteiger partial charge in [-0.2, -0.15) is 9.40 Å². The Balaban J connectivity index is 1.84. The minimum atomic E-state index is -3.68. The number of carbonyl (C=O) groups excluding carboxylic acids is 1. The van der Waals surface area contributed by atoms with Crippen molar-refractivity contribution in [2.75, 3.05) is 39.0 Å². The van der Waals surface area contributed by atoms with Crippen molar-refractivity contribution in [2.45, 2.75) is 25.5 Å². The largest absolute Gasteiger partial charge is 0.480 e. The van der Waals surface area contributed by atoms with Crippen LogP contribution in [0.5, 0.6) is 0 Å². The third kappa shape index (κ3) is 6.39. The minimum Gasteiger partial charge on any atom is -0.480 e. The van der Waals surface area contributed by atoms with E-state index in [-0.39, 0.29) is 19.0 Å². The molecule has 0 aliphatic carbocycles. The van der Waals surface area contributed by atoms with Crippen molar-refractivity contribution in [3.63, 3.8) is 0 Å². The zero-order valence-electron chi connectivity index (χ0n) is 14.7. The van der Waals surface area contributed by atoms with Crippen LogP contribution in [0.2, 0.25) is 0 Å². The number of amides is 1. The molecule has 1 unspecified atom stereocenters. The van der Waals surface area contributed by atoms with Gasteiger partial charge in [-0.3, -0.25) is 14.3 Å². The number of carboxylic acids is 1. The molecule has 0 spiro atoms. The number of sulfonamides is 1. The molecule has 1 N–H and O–H groups in total. The lowest BCUT2D eigenvalue weighted by molar-refractivity contribution is -0.141. The molecule has 146 valence electrons. The number of aliphatic carboxylic acids is 1. The molecule has 1 aliphatic heterocycles. The standard InChI is InChI=1S/C15H24N4O6S/c1-26(23,24)19(12-15(21)22)11-13-10-17(8-9-25-13)14(20)4-2-6-18-7-3-5-16-18/h3,5,7,13H,2,4,6,8-12H2,1H3,(H,21,22). The lowest BCUT2D eigenvalue weighted by Gasteiger charge is -2.35. The molecule has 2 heterocycles. The molecule has 1 aromatic rings. The molecule has 0 radical (unpaired) electrons. The normalized spacial score (nSPS) is 18.2. The van der Waals surface area contributed by atoms with Crippen LogP contribution in [0.15, 0.2) is 18.5 Å². The number of ether oxygens (including phenoxy) is 1. The van der Waals surface area contributed by atoms with Gasteiger partial charge in [-0.05, 0) is 12.5 Å². The number of hydrogen-bond acceptors (Lipinski definition) is 6. The van der Waals surface area contributed by atoms with E-state index in [1.165, 1.54) is 0 Å². The zero-order valence-corrected chi connectivity index (χ0v) is 15.5. The molecule has 0 bridgehead atoms. The zero-order chi connectivity index (χ0) is 19.2. The third-order valence-electron chi connectivity index (χ3n) is 4.02. The Morgan fingerprint density at radius 3 is 2.81 bits per heavy atom. The number of nitrogens with zero attached hydrogens (tertiary/aromatic N) is 4. The molecule has 0 saturated carbocycles. The minimum absolute atomic E-state index is 0.0328. The highest BCUT2D eigenvalue weighted by Gasteiger charge is 2.29. The molecular formula is C15H24N4O6S. The van der Waals surface area contributed by atoms with Crippen molar-refractivity contribution >= 4 is 21.9 Å². The summed E-state index contributed by atoms with van der Waals surface area (Å²) < 4.78 is 31.6. The van der Waals surface area contributed by atoms with E-state index in [9.17, 15) is 18.0 Å². The fraction of sp³-hybridized carbons (Fsp3) is 0.667. The van der Waals surface area contributed by atoms with Gasteiger partial charge in [0.15, 0.2) is 0 Å². The van der Waals surface area contributed by atoms with Crippen LogP contribution in [-0.2, 0) is 30.9 Å². The SMILES string of the molecule is CS(=O)(=O)N(CC(=O)O)CC1CN(C(=O)CCCn2cccn2)CCO1. The highest BCUT2D eigenvalue weighted by Crippen LogP contribution is 2.11. The van der Waals surface area contributed by atoms with E-state index in [1.54, 1.807) is 15.8 Å². The van der Waals surface area contributed by atoms with E-state index >= 15 is 0 Å². The van der Waals surface area contributed by atoms with Gasteiger partial charge in [0.05, 0.1) is 19.0 Å². The van der Waals surface area contributed by atoms with Crippen molar-refractivity contribution in [1.29, 1.82) is 0 Å². The Morgan fingerprint density at radius 1 is 1.42 bits per heavy atom. The predicted octanol–water partition coefficient (Wildman–Crippen LogP) is -0.763. The van der Waals surface area contributed by atoms with Crippen LogP contribution in [-0.4, -0.2) is 89.5 Å². The lowest BCUT2D eigenvalue weighted by Crippen LogP contribution is -2.51. The molecule has 1 fully saturated rings. The van der Waals surface area contributed by atoms with Gasteiger partial charge in [-0.15, -0.1) is 0 Å². The first-order chi connectivity index (χ1) is 12.3. The average Bonchev–Trinajstić information content (AvgIpc) is 3.06. The quantitative estimate of drug-likeness (QED) is 0.590. The van der Waals surface area contributed by atoms with Crippen LogP contribution in [0.1, 0.15) is 12.8 Å². The van der Waals surface area contributed by atoms with Crippen LogP contribution >= 0.6 is 0 Å². The van der Waals surface area contributed by atoms with E-state index in [4.69, 9.17) is 9.84 Å². The molecule has 1 aliphatic rings. The van der Waals surface area contributed by atoms with Crippen LogP contribution in [0.3, 0.4) is 0 Å². The summed E-state index contributed by atoms with van der Waals surface area (Å²) in [6, 6.07) is 1.82. The average molecular weight is 388 g/mol. The van der Waals surface area contributed by atoms with Gasteiger partial charge >= 0.3 is 5.97 Å². The Bertz CT molecular complexity index is 706. The number of carboxylic acid groups (broad SMARTS) is 1. The molecular weight excluding hydrogens is 364 g/mol. The topological polar surface area (TPSA) is 122 Å². The van der Waals surface area contributed by atoms with E-state index < -0.39 is 28.6 Å². The molecule has 11 heteroatoms. The molecule has 10 nitrogen and oxygen atoms in total. The Labute approximate surface area is 152 Å². The van der Waals surface area contributed by atoms with Crippen molar-refractivity contribution in [2.24, 2.45) is 0 Å². The second kappa shape index (κ2) is 9.10. The van der Waals surface area contributed by atoms with Gasteiger partial charge in [-0.1, -0.05) is 0 Å². The van der Waals surface area contributed by atoms with Gasteiger partial charge in [0.1, 0.15) is 6.54 Å². The molecule has 0 aromatic carbocycles. The number of rotatable bonds is 9. The summed E-state index contributed by atoms with van der Waals surface area (Å²) in [6.45, 7) is 0.896. The van der Waals surface area contributed by atoms with Crippen LogP contribution in [0.25, 0.3) is 0 Å². The highest BCUT2D eigenvalue weighted by atomic mass is 32.2. The molecule has 1 atom stereocenters. The summed E-state index contributed by atoms with van der Waals surface area (Å²) in [5.74, 6) is -1.27. The summed E-state index contributed by atoms with van der Waals surface area (Å²) in [4.78, 5) is 24.9. The lowest BCUT2D eigenvalue weighted by atomic mass is 10.2. The summed E-state index contributed by atoms with van der Waals surface area (Å²) in [5, 5.41) is 13.0. The van der Waals surface area contributed by atoms with Gasteiger partial charge < -0.3 is 14.7 Å². The van der Waals surface area contributed by atoms with Gasteiger partial charge in [0.25, 0.3) is 0 Å². The van der Waals surface area contributed by atoms with Gasteiger partial charge in [0, 0.05) is 45.0 Å². The summed E-state index contributed by atoms with van der Waals surface area (Å²) in [5.41, 5.74) is 0. The fourth-order valence-electron chi connectivity index (χ4n) is 2.73. The van der Waals surface area contributed by atoms with E-state index in [0.717, 1.165) is 10.6 Å². The predicted molar refractivity (Wildman–Crippen MR) is 91.8 cm³/mol. The molecule has 2 rings (SSSR count). The number of aryl methyl sites for hydroxylation is 1. The van der Waals surface area contributed by atoms with Crippen LogP contribution < -0.4 is 0 Å². The van der Waals surface area contributed by atoms with Crippen molar-refractivity contribution in [3.8, 4) is 0 Å². The highest BCUT2D eigenvalue weighted by molar-refractivity contribution is 7.88. The first kappa shape index (κ1) is 20.3. The molecule has 1 aromatic heterocycles. The van der Waals surface area contributed by atoms with Gasteiger partial charge in [-0.25, -0.2) is 8.42 Å². The number of aromatic nitrogens is 2. The summed E-state index contributed by atoms with van der Waals surface area (Å²) in [7, 11) is -3.68. The molecule has 1 saturated heterocycles. The second-order valence-corrected chi connectivity index (χ2v) is 8.14. The monoisotopic (exact) mass is 388 g/mol. The van der Waals surface area contributed by atoms with E-state index in [2.05, 4.69) is 5.10 Å². The molecule has 26 heavy (non-hydrogen) atoms. The maximum absolute atomic E-state index is 12.3. The maximum atomic E-state index is 12.3. The summed E-state index contributed by atoms with van der Waals surface area (Å²) in [6.07, 6.45) is 4.93. The van der Waals surface area contributed by atoms with Crippen LogP contribution in [0, 0.1) is 0 Å². The van der Waals surface area contributed by atoms with Crippen molar-refractivity contribution < 1.29 is 27.9 Å².